The normalized spacial score (nSPS) is 16.7. The molecule has 0 atom stereocenters. The largest absolute Gasteiger partial charge is 0.493 e. The maximum atomic E-state index is 12.3. The van der Waals surface area contributed by atoms with Gasteiger partial charge in [0, 0.05) is 0 Å². The number of aliphatic imine (C=N–C) groups is 1. The average Bonchev–Trinajstić information content (AvgIpc) is 2.99. The highest BCUT2D eigenvalue weighted by Crippen LogP contribution is 2.35. The van der Waals surface area contributed by atoms with Crippen molar-refractivity contribution in [2.75, 3.05) is 13.7 Å². The van der Waals surface area contributed by atoms with E-state index in [1.165, 1.54) is 11.8 Å². The fraction of sp³-hybridized carbons (Fsp3) is 0.158. The van der Waals surface area contributed by atoms with E-state index in [4.69, 9.17) is 32.7 Å². The predicted octanol–water partition coefficient (Wildman–Crippen LogP) is 5.29. The highest BCUT2D eigenvalue weighted by molar-refractivity contribution is 8.18. The number of amides is 1. The molecule has 140 valence electrons. The van der Waals surface area contributed by atoms with Crippen molar-refractivity contribution in [1.82, 2.24) is 5.32 Å². The Morgan fingerprint density at radius 2 is 2.04 bits per heavy atom. The number of carbonyl (C=O) groups is 1. The minimum absolute atomic E-state index is 0.231. The molecule has 1 saturated heterocycles. The van der Waals surface area contributed by atoms with Gasteiger partial charge in [0.25, 0.3) is 5.91 Å². The van der Waals surface area contributed by atoms with Crippen LogP contribution in [0.4, 0.5) is 5.69 Å². The summed E-state index contributed by atoms with van der Waals surface area (Å²) in [5, 5.41) is 3.92. The monoisotopic (exact) mass is 422 g/mol. The second-order valence-corrected chi connectivity index (χ2v) is 7.21. The fourth-order valence-corrected chi connectivity index (χ4v) is 3.54. The minimum atomic E-state index is -0.231. The summed E-state index contributed by atoms with van der Waals surface area (Å²) >= 11 is 13.4. The maximum Gasteiger partial charge on any atom is 0.264 e. The van der Waals surface area contributed by atoms with Gasteiger partial charge < -0.3 is 14.8 Å². The molecule has 1 aliphatic heterocycles. The van der Waals surface area contributed by atoms with Crippen molar-refractivity contribution >= 4 is 57.8 Å². The minimum Gasteiger partial charge on any atom is -0.493 e. The molecule has 0 bridgehead atoms. The third kappa shape index (κ3) is 4.58. The number of hydrogen-bond acceptors (Lipinski definition) is 5. The van der Waals surface area contributed by atoms with Gasteiger partial charge in [-0.2, -0.15) is 0 Å². The molecule has 0 radical (unpaired) electrons. The lowest BCUT2D eigenvalue weighted by atomic mass is 10.2. The number of carbonyl (C=O) groups excluding carboxylic acids is 1. The Morgan fingerprint density at radius 3 is 2.78 bits per heavy atom. The Balaban J connectivity index is 1.86. The highest BCUT2D eigenvalue weighted by atomic mass is 35.5. The second kappa shape index (κ2) is 8.69. The van der Waals surface area contributed by atoms with Gasteiger partial charge in [-0.3, -0.25) is 4.79 Å². The van der Waals surface area contributed by atoms with Crippen molar-refractivity contribution in [1.29, 1.82) is 0 Å². The molecule has 1 fully saturated rings. The van der Waals surface area contributed by atoms with Crippen LogP contribution in [0.5, 0.6) is 11.5 Å². The molecule has 27 heavy (non-hydrogen) atoms. The van der Waals surface area contributed by atoms with Gasteiger partial charge in [0.15, 0.2) is 16.7 Å². The van der Waals surface area contributed by atoms with Crippen LogP contribution in [0.2, 0.25) is 10.0 Å². The topological polar surface area (TPSA) is 59.9 Å². The quantitative estimate of drug-likeness (QED) is 0.664. The van der Waals surface area contributed by atoms with E-state index in [1.807, 2.05) is 19.1 Å². The number of thioether (sulfide) groups is 1. The second-order valence-electron chi connectivity index (χ2n) is 5.40. The van der Waals surface area contributed by atoms with E-state index in [0.717, 1.165) is 5.56 Å². The Labute approximate surface area is 171 Å². The molecule has 2 aromatic rings. The molecule has 1 aliphatic rings. The first-order chi connectivity index (χ1) is 13.0. The number of halogens is 2. The van der Waals surface area contributed by atoms with Crippen molar-refractivity contribution in [3.63, 3.8) is 0 Å². The number of amidine groups is 1. The smallest absolute Gasteiger partial charge is 0.264 e. The van der Waals surface area contributed by atoms with Gasteiger partial charge in [0.1, 0.15) is 0 Å². The number of rotatable bonds is 5. The van der Waals surface area contributed by atoms with Gasteiger partial charge >= 0.3 is 0 Å². The average molecular weight is 423 g/mol. The number of nitrogens with one attached hydrogen (secondary N) is 1. The van der Waals surface area contributed by atoms with Crippen LogP contribution >= 0.6 is 35.0 Å². The lowest BCUT2D eigenvalue weighted by Crippen LogP contribution is -2.19. The molecule has 1 heterocycles. The molecule has 0 saturated carbocycles. The summed E-state index contributed by atoms with van der Waals surface area (Å²) in [6.45, 7) is 2.41. The summed E-state index contributed by atoms with van der Waals surface area (Å²) in [6.07, 6.45) is 1.77. The molecular formula is C19H16Cl2N2O3S. The summed E-state index contributed by atoms with van der Waals surface area (Å²) in [5.74, 6) is 1.03. The fourth-order valence-electron chi connectivity index (χ4n) is 2.37. The van der Waals surface area contributed by atoms with E-state index >= 15 is 0 Å². The van der Waals surface area contributed by atoms with E-state index < -0.39 is 0 Å². The van der Waals surface area contributed by atoms with Crippen molar-refractivity contribution < 1.29 is 14.3 Å². The number of methoxy groups -OCH3 is 1. The molecule has 1 N–H and O–H groups in total. The summed E-state index contributed by atoms with van der Waals surface area (Å²) in [5.41, 5.74) is 1.32. The van der Waals surface area contributed by atoms with Crippen LogP contribution in [0.1, 0.15) is 12.5 Å². The van der Waals surface area contributed by atoms with E-state index in [9.17, 15) is 4.79 Å². The Bertz CT molecular complexity index is 945. The van der Waals surface area contributed by atoms with Crippen LogP contribution in [0, 0.1) is 0 Å². The molecular weight excluding hydrogens is 407 g/mol. The zero-order valence-electron chi connectivity index (χ0n) is 14.6. The third-order valence-electron chi connectivity index (χ3n) is 3.59. The first-order valence-electron chi connectivity index (χ1n) is 8.06. The summed E-state index contributed by atoms with van der Waals surface area (Å²) in [7, 11) is 1.58. The van der Waals surface area contributed by atoms with Gasteiger partial charge in [-0.25, -0.2) is 4.99 Å². The molecule has 0 aliphatic carbocycles. The summed E-state index contributed by atoms with van der Waals surface area (Å²) in [6, 6.07) is 10.6. The molecule has 1 amide bonds. The molecule has 5 nitrogen and oxygen atoms in total. The zero-order chi connectivity index (χ0) is 19.4. The number of nitrogens with zero attached hydrogens (tertiary/aromatic N) is 1. The summed E-state index contributed by atoms with van der Waals surface area (Å²) in [4.78, 5) is 17.2. The lowest BCUT2D eigenvalue weighted by molar-refractivity contribution is -0.115. The SMILES string of the molecule is CCOc1cc(/C=C2/SC(=Nc3cccc(Cl)c3Cl)NC2=O)ccc1OC. The first kappa shape index (κ1) is 19.6. The van der Waals surface area contributed by atoms with Crippen LogP contribution in [0.25, 0.3) is 6.08 Å². The van der Waals surface area contributed by atoms with Crippen LogP contribution in [-0.4, -0.2) is 24.8 Å². The van der Waals surface area contributed by atoms with Crippen LogP contribution < -0.4 is 14.8 Å². The zero-order valence-corrected chi connectivity index (χ0v) is 16.9. The van der Waals surface area contributed by atoms with Crippen molar-refractivity contribution in [3.05, 3.63) is 56.9 Å². The standard InChI is InChI=1S/C19H16Cl2N2O3S/c1-3-26-15-9-11(7-8-14(15)25-2)10-16-18(24)23-19(27-16)22-13-6-4-5-12(20)17(13)21/h4-10H,3H2,1-2H3,(H,22,23,24)/b16-10+. The third-order valence-corrected chi connectivity index (χ3v) is 5.31. The van der Waals surface area contributed by atoms with Gasteiger partial charge in [-0.05, 0) is 54.6 Å². The van der Waals surface area contributed by atoms with E-state index in [1.54, 1.807) is 37.5 Å². The number of ether oxygens (including phenoxy) is 2. The summed E-state index contributed by atoms with van der Waals surface area (Å²) < 4.78 is 10.8. The Morgan fingerprint density at radius 1 is 1.22 bits per heavy atom. The van der Waals surface area contributed by atoms with Crippen LogP contribution in [0.15, 0.2) is 46.3 Å². The first-order valence-corrected chi connectivity index (χ1v) is 9.63. The van der Waals surface area contributed by atoms with Crippen LogP contribution in [0.3, 0.4) is 0 Å². The maximum absolute atomic E-state index is 12.3. The van der Waals surface area contributed by atoms with Crippen molar-refractivity contribution in [2.24, 2.45) is 4.99 Å². The van der Waals surface area contributed by atoms with E-state index in [-0.39, 0.29) is 5.91 Å². The van der Waals surface area contributed by atoms with Gasteiger partial charge in [0.2, 0.25) is 0 Å². The van der Waals surface area contributed by atoms with Crippen LogP contribution in [-0.2, 0) is 4.79 Å². The van der Waals surface area contributed by atoms with E-state index in [0.29, 0.717) is 43.9 Å². The molecule has 0 unspecified atom stereocenters. The molecule has 8 heteroatoms. The van der Waals surface area contributed by atoms with Gasteiger partial charge in [-0.15, -0.1) is 0 Å². The number of benzene rings is 2. The predicted molar refractivity (Wildman–Crippen MR) is 111 cm³/mol. The van der Waals surface area contributed by atoms with Gasteiger partial charge in [0.05, 0.1) is 34.4 Å². The Hall–Kier alpha value is -2.15. The van der Waals surface area contributed by atoms with Gasteiger partial charge in [-0.1, -0.05) is 35.3 Å². The van der Waals surface area contributed by atoms with E-state index in [2.05, 4.69) is 10.3 Å². The molecule has 0 aromatic heterocycles. The molecule has 2 aromatic carbocycles. The number of hydrogen-bond donors (Lipinski definition) is 1. The highest BCUT2D eigenvalue weighted by Gasteiger charge is 2.24. The lowest BCUT2D eigenvalue weighted by Gasteiger charge is -2.09. The molecule has 3 rings (SSSR count). The van der Waals surface area contributed by atoms with Crippen molar-refractivity contribution in [2.45, 2.75) is 6.92 Å². The van der Waals surface area contributed by atoms with Crippen molar-refractivity contribution in [3.8, 4) is 11.5 Å². The Kier molecular flexibility index (Phi) is 6.31. The molecule has 0 spiro atoms.